The molecule has 1 aromatic carbocycles. The first kappa shape index (κ1) is 13.0. The van der Waals surface area contributed by atoms with Crippen molar-refractivity contribution >= 4 is 23.8 Å². The number of imide groups is 1. The molecule has 1 aliphatic rings. The standard InChI is InChI=1S/C13H15NO3S/c1-10(18-11-5-3-2-4-6-11)9-12(15)14-7-8-17-13(14)16/h2-6,10H,7-9H2,1H3/t10-/m0/s1. The summed E-state index contributed by atoms with van der Waals surface area (Å²) in [7, 11) is 0. The molecule has 2 amide bonds. The van der Waals surface area contributed by atoms with Crippen LogP contribution >= 0.6 is 11.8 Å². The van der Waals surface area contributed by atoms with Gasteiger partial charge < -0.3 is 4.74 Å². The van der Waals surface area contributed by atoms with Gasteiger partial charge in [-0.3, -0.25) is 4.79 Å². The molecule has 1 aromatic rings. The van der Waals surface area contributed by atoms with Crippen LogP contribution < -0.4 is 0 Å². The molecule has 2 rings (SSSR count). The van der Waals surface area contributed by atoms with E-state index in [0.717, 1.165) is 4.90 Å². The maximum Gasteiger partial charge on any atom is 0.416 e. The van der Waals surface area contributed by atoms with Gasteiger partial charge in [-0.05, 0) is 12.1 Å². The van der Waals surface area contributed by atoms with Crippen LogP contribution in [0.3, 0.4) is 0 Å². The van der Waals surface area contributed by atoms with Crippen molar-refractivity contribution in [2.24, 2.45) is 0 Å². The van der Waals surface area contributed by atoms with Crippen molar-refractivity contribution in [2.45, 2.75) is 23.5 Å². The SMILES string of the molecule is C[C@@H](CC(=O)N1CCOC1=O)Sc1ccccc1. The van der Waals surface area contributed by atoms with Crippen molar-refractivity contribution in [3.63, 3.8) is 0 Å². The van der Waals surface area contributed by atoms with E-state index in [9.17, 15) is 9.59 Å². The summed E-state index contributed by atoms with van der Waals surface area (Å²) < 4.78 is 4.75. The highest BCUT2D eigenvalue weighted by molar-refractivity contribution is 8.00. The highest BCUT2D eigenvalue weighted by Gasteiger charge is 2.29. The normalized spacial score (nSPS) is 16.5. The molecule has 4 nitrogen and oxygen atoms in total. The number of hydrogen-bond acceptors (Lipinski definition) is 4. The predicted molar refractivity (Wildman–Crippen MR) is 69.4 cm³/mol. The Morgan fingerprint density at radius 2 is 2.17 bits per heavy atom. The van der Waals surface area contributed by atoms with Crippen molar-refractivity contribution < 1.29 is 14.3 Å². The molecule has 1 saturated heterocycles. The third kappa shape index (κ3) is 3.26. The second-order valence-electron chi connectivity index (χ2n) is 4.11. The topological polar surface area (TPSA) is 46.6 Å². The Bertz CT molecular complexity index is 435. The largest absolute Gasteiger partial charge is 0.447 e. The minimum absolute atomic E-state index is 0.133. The Hall–Kier alpha value is -1.49. The average molecular weight is 265 g/mol. The van der Waals surface area contributed by atoms with E-state index in [0.29, 0.717) is 19.6 Å². The van der Waals surface area contributed by atoms with Gasteiger partial charge in [-0.25, -0.2) is 9.69 Å². The minimum Gasteiger partial charge on any atom is -0.447 e. The number of amides is 2. The summed E-state index contributed by atoms with van der Waals surface area (Å²) in [4.78, 5) is 25.4. The van der Waals surface area contributed by atoms with Crippen LogP contribution in [-0.2, 0) is 9.53 Å². The van der Waals surface area contributed by atoms with Crippen LogP contribution in [0.4, 0.5) is 4.79 Å². The Balaban J connectivity index is 1.86. The van der Waals surface area contributed by atoms with Crippen molar-refractivity contribution in [1.29, 1.82) is 0 Å². The summed E-state index contributed by atoms with van der Waals surface area (Å²) in [6.07, 6.45) is -0.175. The molecule has 0 saturated carbocycles. The van der Waals surface area contributed by atoms with E-state index in [1.807, 2.05) is 37.3 Å². The Labute approximate surface area is 110 Å². The summed E-state index contributed by atoms with van der Waals surface area (Å²) >= 11 is 1.63. The van der Waals surface area contributed by atoms with Crippen LogP contribution in [-0.4, -0.2) is 35.3 Å². The summed E-state index contributed by atoms with van der Waals surface area (Å²) in [5, 5.41) is 0.133. The highest BCUT2D eigenvalue weighted by atomic mass is 32.2. The van der Waals surface area contributed by atoms with Gasteiger partial charge in [-0.1, -0.05) is 25.1 Å². The van der Waals surface area contributed by atoms with Gasteiger partial charge in [0.2, 0.25) is 5.91 Å². The number of ether oxygens (including phenoxy) is 1. The number of rotatable bonds is 4. The molecule has 0 aromatic heterocycles. The van der Waals surface area contributed by atoms with Gasteiger partial charge in [-0.15, -0.1) is 11.8 Å². The molecular weight excluding hydrogens is 250 g/mol. The van der Waals surface area contributed by atoms with Crippen molar-refractivity contribution in [2.75, 3.05) is 13.2 Å². The van der Waals surface area contributed by atoms with Crippen LogP contribution in [0.5, 0.6) is 0 Å². The first-order valence-electron chi connectivity index (χ1n) is 5.85. The van der Waals surface area contributed by atoms with E-state index in [4.69, 9.17) is 4.74 Å². The molecule has 0 spiro atoms. The second-order valence-corrected chi connectivity index (χ2v) is 5.62. The summed E-state index contributed by atoms with van der Waals surface area (Å²) in [6, 6.07) is 9.91. The number of nitrogens with zero attached hydrogens (tertiary/aromatic N) is 1. The number of carbonyl (C=O) groups excluding carboxylic acids is 2. The number of thioether (sulfide) groups is 1. The van der Waals surface area contributed by atoms with E-state index in [1.54, 1.807) is 11.8 Å². The predicted octanol–water partition coefficient (Wildman–Crippen LogP) is 2.54. The van der Waals surface area contributed by atoms with Gasteiger partial charge >= 0.3 is 6.09 Å². The lowest BCUT2D eigenvalue weighted by atomic mass is 10.3. The highest BCUT2D eigenvalue weighted by Crippen LogP contribution is 2.25. The molecule has 5 heteroatoms. The van der Waals surface area contributed by atoms with Crippen molar-refractivity contribution in [1.82, 2.24) is 4.90 Å². The maximum atomic E-state index is 11.9. The average Bonchev–Trinajstić information content (AvgIpc) is 2.76. The van der Waals surface area contributed by atoms with Crippen LogP contribution in [0.25, 0.3) is 0 Å². The van der Waals surface area contributed by atoms with Gasteiger partial charge in [-0.2, -0.15) is 0 Å². The molecule has 0 radical (unpaired) electrons. The molecule has 0 unspecified atom stereocenters. The summed E-state index contributed by atoms with van der Waals surface area (Å²) in [5.41, 5.74) is 0. The monoisotopic (exact) mass is 265 g/mol. The van der Waals surface area contributed by atoms with Gasteiger partial charge in [0.1, 0.15) is 6.61 Å². The fourth-order valence-electron chi connectivity index (χ4n) is 1.75. The van der Waals surface area contributed by atoms with E-state index in [1.165, 1.54) is 4.90 Å². The van der Waals surface area contributed by atoms with E-state index >= 15 is 0 Å². The van der Waals surface area contributed by atoms with Crippen LogP contribution in [0.1, 0.15) is 13.3 Å². The first-order valence-corrected chi connectivity index (χ1v) is 6.73. The molecule has 1 fully saturated rings. The van der Waals surface area contributed by atoms with Crippen LogP contribution in [0, 0.1) is 0 Å². The van der Waals surface area contributed by atoms with Crippen LogP contribution in [0.15, 0.2) is 35.2 Å². The second kappa shape index (κ2) is 5.91. The fourth-order valence-corrected chi connectivity index (χ4v) is 2.75. The Morgan fingerprint density at radius 1 is 1.44 bits per heavy atom. The Morgan fingerprint density at radius 3 is 2.78 bits per heavy atom. The van der Waals surface area contributed by atoms with E-state index in [2.05, 4.69) is 0 Å². The third-order valence-electron chi connectivity index (χ3n) is 2.60. The lowest BCUT2D eigenvalue weighted by Crippen LogP contribution is -2.33. The third-order valence-corrected chi connectivity index (χ3v) is 3.72. The number of benzene rings is 1. The first-order chi connectivity index (χ1) is 8.66. The molecule has 1 atom stereocenters. The molecule has 1 heterocycles. The lowest BCUT2D eigenvalue weighted by molar-refractivity contribution is -0.127. The summed E-state index contributed by atoms with van der Waals surface area (Å²) in [5.74, 6) is -0.159. The summed E-state index contributed by atoms with van der Waals surface area (Å²) in [6.45, 7) is 2.67. The molecule has 0 N–H and O–H groups in total. The molecule has 1 aliphatic heterocycles. The molecular formula is C13H15NO3S. The maximum absolute atomic E-state index is 11.9. The number of cyclic esters (lactones) is 1. The Kier molecular flexibility index (Phi) is 4.25. The molecule has 0 aliphatic carbocycles. The molecule has 96 valence electrons. The van der Waals surface area contributed by atoms with Crippen molar-refractivity contribution in [3.8, 4) is 0 Å². The molecule has 0 bridgehead atoms. The van der Waals surface area contributed by atoms with E-state index in [-0.39, 0.29) is 11.2 Å². The zero-order chi connectivity index (χ0) is 13.0. The quantitative estimate of drug-likeness (QED) is 0.785. The van der Waals surface area contributed by atoms with Crippen molar-refractivity contribution in [3.05, 3.63) is 30.3 Å². The number of hydrogen-bond donors (Lipinski definition) is 0. The van der Waals surface area contributed by atoms with Crippen LogP contribution in [0.2, 0.25) is 0 Å². The molecule has 18 heavy (non-hydrogen) atoms. The van der Waals surface area contributed by atoms with Gasteiger partial charge in [0, 0.05) is 16.6 Å². The smallest absolute Gasteiger partial charge is 0.416 e. The zero-order valence-electron chi connectivity index (χ0n) is 10.2. The lowest BCUT2D eigenvalue weighted by Gasteiger charge is -2.14. The number of carbonyl (C=O) groups is 2. The van der Waals surface area contributed by atoms with Gasteiger partial charge in [0.15, 0.2) is 0 Å². The van der Waals surface area contributed by atoms with E-state index < -0.39 is 6.09 Å². The minimum atomic E-state index is -0.517. The fraction of sp³-hybridized carbons (Fsp3) is 0.385. The zero-order valence-corrected chi connectivity index (χ0v) is 11.0. The van der Waals surface area contributed by atoms with Gasteiger partial charge in [0.25, 0.3) is 0 Å². The van der Waals surface area contributed by atoms with Gasteiger partial charge in [0.05, 0.1) is 6.54 Å².